The summed E-state index contributed by atoms with van der Waals surface area (Å²) in [5, 5.41) is 2.75. The number of nitrogens with zero attached hydrogens (tertiary/aromatic N) is 2. The van der Waals surface area contributed by atoms with E-state index >= 15 is 0 Å². The summed E-state index contributed by atoms with van der Waals surface area (Å²) >= 11 is 0. The topological polar surface area (TPSA) is 80.5 Å². The van der Waals surface area contributed by atoms with E-state index in [-0.39, 0.29) is 23.5 Å². The van der Waals surface area contributed by atoms with Crippen LogP contribution in [0.1, 0.15) is 64.4 Å². The summed E-state index contributed by atoms with van der Waals surface area (Å²) in [7, 11) is 1.68. The maximum Gasteiger partial charge on any atom is 0.272 e. The molecule has 0 radical (unpaired) electrons. The van der Waals surface area contributed by atoms with Crippen LogP contribution >= 0.6 is 0 Å². The molecule has 7 heteroatoms. The second-order valence-electron chi connectivity index (χ2n) is 8.86. The van der Waals surface area contributed by atoms with Crippen LogP contribution in [0.3, 0.4) is 0 Å². The Morgan fingerprint density at radius 3 is 2.47 bits per heavy atom. The smallest absolute Gasteiger partial charge is 0.272 e. The Morgan fingerprint density at radius 2 is 1.88 bits per heavy atom. The normalized spacial score (nSPS) is 13.3. The number of allylic oxidation sites excluding steroid dienone is 2. The molecule has 2 aromatic rings. The van der Waals surface area contributed by atoms with Crippen molar-refractivity contribution in [2.75, 3.05) is 5.32 Å². The molecule has 2 heterocycles. The highest BCUT2D eigenvalue weighted by atomic mass is 19.1. The van der Waals surface area contributed by atoms with Gasteiger partial charge < -0.3 is 9.88 Å². The van der Waals surface area contributed by atoms with Crippen molar-refractivity contribution in [3.8, 4) is 0 Å². The van der Waals surface area contributed by atoms with E-state index in [0.717, 1.165) is 12.1 Å². The van der Waals surface area contributed by atoms with Crippen molar-refractivity contribution >= 4 is 29.4 Å². The summed E-state index contributed by atoms with van der Waals surface area (Å²) in [4.78, 5) is 43.3. The molecule has 1 N–H and O–H groups in total. The Balaban J connectivity index is 1.87. The van der Waals surface area contributed by atoms with Crippen LogP contribution in [-0.4, -0.2) is 28.3 Å². The number of amides is 1. The fraction of sp³-hybridized carbons (Fsp3) is 0.360. The number of aryl methyl sites for hydroxylation is 1. The first kappa shape index (κ1) is 23.3. The second-order valence-corrected chi connectivity index (χ2v) is 8.86. The second kappa shape index (κ2) is 8.65. The van der Waals surface area contributed by atoms with Crippen molar-refractivity contribution in [3.63, 3.8) is 0 Å². The lowest BCUT2D eigenvalue weighted by Crippen LogP contribution is -2.25. The molecule has 1 aliphatic heterocycles. The molecule has 3 rings (SSSR count). The van der Waals surface area contributed by atoms with Crippen molar-refractivity contribution in [1.29, 1.82) is 0 Å². The number of anilines is 1. The fourth-order valence-electron chi connectivity index (χ4n) is 4.08. The number of ketones is 2. The SMILES string of the molecule is Cc1cc(NC(=O)c2c(C)c(C(=O)C(=O)CC(C)(C)C3=CCC=N3)c(C)n2C)ccc1F. The molecule has 0 saturated carbocycles. The number of benzene rings is 1. The minimum absolute atomic E-state index is 0.0270. The van der Waals surface area contributed by atoms with E-state index in [4.69, 9.17) is 0 Å². The number of nitrogens with one attached hydrogen (secondary N) is 1. The summed E-state index contributed by atoms with van der Waals surface area (Å²) in [6.45, 7) is 8.76. The van der Waals surface area contributed by atoms with E-state index in [0.29, 0.717) is 22.5 Å². The Labute approximate surface area is 187 Å². The standard InChI is InChI=1S/C25H28FN3O3/c1-14-12-17(9-10-18(14)26)28-24(32)22-15(2)21(16(3)29(22)6)23(31)19(30)13-25(4,5)20-8-7-11-27-20/h8-12H,7,13H2,1-6H3,(H,28,32). The quantitative estimate of drug-likeness (QED) is 0.496. The highest BCUT2D eigenvalue weighted by Crippen LogP contribution is 2.34. The van der Waals surface area contributed by atoms with E-state index in [9.17, 15) is 18.8 Å². The molecule has 1 aromatic carbocycles. The van der Waals surface area contributed by atoms with Gasteiger partial charge in [0.05, 0.1) is 5.56 Å². The van der Waals surface area contributed by atoms with Gasteiger partial charge in [-0.25, -0.2) is 4.39 Å². The maximum atomic E-state index is 13.5. The molecular formula is C25H28FN3O3. The van der Waals surface area contributed by atoms with Crippen molar-refractivity contribution in [3.05, 3.63) is 63.9 Å². The van der Waals surface area contributed by atoms with Crippen LogP contribution in [0.2, 0.25) is 0 Å². The van der Waals surface area contributed by atoms with Crippen molar-refractivity contribution < 1.29 is 18.8 Å². The van der Waals surface area contributed by atoms with Gasteiger partial charge in [0.1, 0.15) is 11.5 Å². The highest BCUT2D eigenvalue weighted by molar-refractivity contribution is 6.44. The van der Waals surface area contributed by atoms with Crippen molar-refractivity contribution in [1.82, 2.24) is 4.57 Å². The molecule has 1 aromatic heterocycles. The molecule has 32 heavy (non-hydrogen) atoms. The molecule has 1 aliphatic rings. The van der Waals surface area contributed by atoms with E-state index in [1.165, 1.54) is 18.2 Å². The molecule has 0 fully saturated rings. The van der Waals surface area contributed by atoms with Gasteiger partial charge in [-0.2, -0.15) is 0 Å². The molecule has 0 unspecified atom stereocenters. The molecular weight excluding hydrogens is 409 g/mol. The van der Waals surface area contributed by atoms with Gasteiger partial charge in [-0.1, -0.05) is 19.9 Å². The van der Waals surface area contributed by atoms with Gasteiger partial charge >= 0.3 is 0 Å². The lowest BCUT2D eigenvalue weighted by molar-refractivity contribution is -0.116. The number of rotatable bonds is 7. The predicted molar refractivity (Wildman–Crippen MR) is 123 cm³/mol. The molecule has 0 atom stereocenters. The van der Waals surface area contributed by atoms with Crippen LogP contribution in [0.5, 0.6) is 0 Å². The summed E-state index contributed by atoms with van der Waals surface area (Å²) in [5.74, 6) is -1.92. The van der Waals surface area contributed by atoms with E-state index in [1.54, 1.807) is 38.6 Å². The third-order valence-electron chi connectivity index (χ3n) is 5.98. The zero-order chi connectivity index (χ0) is 23.8. The van der Waals surface area contributed by atoms with E-state index in [1.807, 2.05) is 19.9 Å². The minimum atomic E-state index is -0.608. The van der Waals surface area contributed by atoms with Crippen molar-refractivity contribution in [2.24, 2.45) is 17.5 Å². The third kappa shape index (κ3) is 4.33. The first-order chi connectivity index (χ1) is 14.9. The van der Waals surface area contributed by atoms with Gasteiger partial charge in [0, 0.05) is 48.6 Å². The summed E-state index contributed by atoms with van der Waals surface area (Å²) in [6.07, 6.45) is 4.49. The first-order valence-electron chi connectivity index (χ1n) is 10.5. The Hall–Kier alpha value is -3.35. The molecule has 1 amide bonds. The molecule has 6 nitrogen and oxygen atoms in total. The monoisotopic (exact) mass is 437 g/mol. The zero-order valence-corrected chi connectivity index (χ0v) is 19.3. The Kier molecular flexibility index (Phi) is 6.30. The largest absolute Gasteiger partial charge is 0.343 e. The fourth-order valence-corrected chi connectivity index (χ4v) is 4.08. The number of Topliss-reactive ketones (excluding diaryl/α,β-unsaturated/α-hetero) is 2. The van der Waals surface area contributed by atoms with Crippen LogP contribution in [0.4, 0.5) is 10.1 Å². The number of carbonyl (C=O) groups is 3. The van der Waals surface area contributed by atoms with Crippen LogP contribution in [0.15, 0.2) is 35.0 Å². The number of hydrogen-bond acceptors (Lipinski definition) is 4. The molecule has 0 aliphatic carbocycles. The summed E-state index contributed by atoms with van der Waals surface area (Å²) < 4.78 is 15.1. The average molecular weight is 438 g/mol. The number of carbonyl (C=O) groups excluding carboxylic acids is 3. The first-order valence-corrected chi connectivity index (χ1v) is 10.5. The molecule has 0 saturated heterocycles. The molecule has 0 spiro atoms. The van der Waals surface area contributed by atoms with Gasteiger partial charge in [0.2, 0.25) is 11.6 Å². The number of aliphatic imine (C=N–C) groups is 1. The van der Waals surface area contributed by atoms with E-state index in [2.05, 4.69) is 10.3 Å². The number of hydrogen-bond donors (Lipinski definition) is 1. The minimum Gasteiger partial charge on any atom is -0.343 e. The zero-order valence-electron chi connectivity index (χ0n) is 19.3. The van der Waals surface area contributed by atoms with Crippen LogP contribution in [0.25, 0.3) is 0 Å². The predicted octanol–water partition coefficient (Wildman–Crippen LogP) is 4.87. The van der Waals surface area contributed by atoms with Gasteiger partial charge in [-0.3, -0.25) is 19.4 Å². The van der Waals surface area contributed by atoms with Gasteiger partial charge in [0.15, 0.2) is 0 Å². The average Bonchev–Trinajstić information content (AvgIpc) is 3.32. The Bertz CT molecular complexity index is 1190. The van der Waals surface area contributed by atoms with Crippen LogP contribution in [0, 0.1) is 32.0 Å². The maximum absolute atomic E-state index is 13.5. The van der Waals surface area contributed by atoms with Crippen LogP contribution < -0.4 is 5.32 Å². The molecule has 168 valence electrons. The summed E-state index contributed by atoms with van der Waals surface area (Å²) in [6, 6.07) is 4.30. The lowest BCUT2D eigenvalue weighted by Gasteiger charge is -2.23. The van der Waals surface area contributed by atoms with Crippen LogP contribution in [-0.2, 0) is 11.8 Å². The van der Waals surface area contributed by atoms with Gasteiger partial charge in [0.25, 0.3) is 5.91 Å². The van der Waals surface area contributed by atoms with Gasteiger partial charge in [-0.15, -0.1) is 0 Å². The number of aromatic nitrogens is 1. The highest BCUT2D eigenvalue weighted by Gasteiger charge is 2.33. The summed E-state index contributed by atoms with van der Waals surface area (Å²) in [5.41, 5.74) is 2.61. The number of halogens is 1. The van der Waals surface area contributed by atoms with E-state index < -0.39 is 22.9 Å². The van der Waals surface area contributed by atoms with Gasteiger partial charge in [-0.05, 0) is 50.1 Å². The molecule has 0 bridgehead atoms. The van der Waals surface area contributed by atoms with Crippen molar-refractivity contribution in [2.45, 2.75) is 47.5 Å². The third-order valence-corrected chi connectivity index (χ3v) is 5.98. The Morgan fingerprint density at radius 1 is 1.19 bits per heavy atom. The lowest BCUT2D eigenvalue weighted by atomic mass is 9.82.